The number of nitrogens with zero attached hydrogens (tertiary/aromatic N) is 2. The van der Waals surface area contributed by atoms with E-state index in [1.165, 1.54) is 48.3 Å². The third kappa shape index (κ3) is 3.03. The highest BCUT2D eigenvalue weighted by Crippen LogP contribution is 2.47. The molecule has 2 nitrogen and oxygen atoms in total. The van der Waals surface area contributed by atoms with Gasteiger partial charge < -0.3 is 9.80 Å². The summed E-state index contributed by atoms with van der Waals surface area (Å²) in [7, 11) is 2.20. The third-order valence-electron chi connectivity index (χ3n) is 6.13. The molecule has 0 amide bonds. The monoisotopic (exact) mass is 336 g/mol. The lowest BCUT2D eigenvalue weighted by Crippen LogP contribution is -2.37. The molecule has 0 aliphatic carbocycles. The average Bonchev–Trinajstić information content (AvgIpc) is 2.91. The van der Waals surface area contributed by atoms with Crippen LogP contribution in [-0.4, -0.2) is 13.2 Å². The summed E-state index contributed by atoms with van der Waals surface area (Å²) in [6.07, 6.45) is 5.28. The fourth-order valence-electron chi connectivity index (χ4n) is 4.14. The Bertz CT molecular complexity index is 724. The first-order chi connectivity index (χ1) is 12.0. The van der Waals surface area contributed by atoms with Crippen molar-refractivity contribution >= 4 is 17.1 Å². The van der Waals surface area contributed by atoms with Gasteiger partial charge in [-0.25, -0.2) is 0 Å². The number of fused-ring (bicyclic) bond motifs is 1. The summed E-state index contributed by atoms with van der Waals surface area (Å²) in [5.74, 6) is 0. The van der Waals surface area contributed by atoms with E-state index in [0.717, 1.165) is 0 Å². The molecule has 1 aliphatic heterocycles. The average molecular weight is 337 g/mol. The lowest BCUT2D eigenvalue weighted by molar-refractivity contribution is 0.403. The van der Waals surface area contributed by atoms with Crippen LogP contribution in [0, 0.1) is 0 Å². The summed E-state index contributed by atoms with van der Waals surface area (Å²) in [6.45, 7) is 9.36. The van der Waals surface area contributed by atoms with Gasteiger partial charge in [-0.05, 0) is 48.9 Å². The standard InChI is InChI=1S/C23H32N2/c1-6-8-17-23(4,7-2)19-13-9-10-14-20(19)25-18(3)24(5)21-15-11-12-16-22(21)25/h9-16,18H,6-8,17H2,1-5H3/t18-,23?/m1/s1. The number of anilines is 3. The van der Waals surface area contributed by atoms with Crippen LogP contribution in [0.15, 0.2) is 48.5 Å². The van der Waals surface area contributed by atoms with Gasteiger partial charge in [0.2, 0.25) is 0 Å². The van der Waals surface area contributed by atoms with E-state index in [2.05, 4.69) is 93.1 Å². The number of hydrogen-bond acceptors (Lipinski definition) is 2. The summed E-state index contributed by atoms with van der Waals surface area (Å²) < 4.78 is 0. The quantitative estimate of drug-likeness (QED) is 0.596. The van der Waals surface area contributed by atoms with E-state index in [4.69, 9.17) is 0 Å². The van der Waals surface area contributed by atoms with Crippen LogP contribution in [0.1, 0.15) is 58.9 Å². The molecule has 25 heavy (non-hydrogen) atoms. The summed E-state index contributed by atoms with van der Waals surface area (Å²) in [6, 6.07) is 17.8. The molecule has 0 aromatic heterocycles. The van der Waals surface area contributed by atoms with Gasteiger partial charge in [0.15, 0.2) is 0 Å². The van der Waals surface area contributed by atoms with Gasteiger partial charge >= 0.3 is 0 Å². The maximum absolute atomic E-state index is 2.52. The van der Waals surface area contributed by atoms with Gasteiger partial charge in [0.1, 0.15) is 6.17 Å². The summed E-state index contributed by atoms with van der Waals surface area (Å²) in [4.78, 5) is 4.89. The molecule has 0 spiro atoms. The predicted molar refractivity (Wildman–Crippen MR) is 110 cm³/mol. The van der Waals surface area contributed by atoms with Crippen molar-refractivity contribution in [2.45, 2.75) is 65.0 Å². The van der Waals surface area contributed by atoms with E-state index in [0.29, 0.717) is 6.17 Å². The van der Waals surface area contributed by atoms with E-state index in [1.54, 1.807) is 0 Å². The largest absolute Gasteiger partial charge is 0.353 e. The second kappa shape index (κ2) is 7.11. The van der Waals surface area contributed by atoms with Crippen molar-refractivity contribution in [3.8, 4) is 0 Å². The van der Waals surface area contributed by atoms with Crippen LogP contribution in [-0.2, 0) is 5.41 Å². The minimum absolute atomic E-state index is 0.225. The molecule has 2 heteroatoms. The highest BCUT2D eigenvalue weighted by atomic mass is 15.4. The normalized spacial score (nSPS) is 19.0. The van der Waals surface area contributed by atoms with E-state index in [9.17, 15) is 0 Å². The van der Waals surface area contributed by atoms with Gasteiger partial charge in [0, 0.05) is 12.7 Å². The molecule has 0 bridgehead atoms. The fraction of sp³-hybridized carbons (Fsp3) is 0.478. The second-order valence-electron chi connectivity index (χ2n) is 7.64. The first-order valence-corrected chi connectivity index (χ1v) is 9.74. The first-order valence-electron chi connectivity index (χ1n) is 9.74. The van der Waals surface area contributed by atoms with Crippen LogP contribution in [0.4, 0.5) is 17.1 Å². The highest BCUT2D eigenvalue weighted by Gasteiger charge is 2.35. The van der Waals surface area contributed by atoms with Crippen molar-refractivity contribution in [2.24, 2.45) is 0 Å². The second-order valence-corrected chi connectivity index (χ2v) is 7.64. The number of benzene rings is 2. The van der Waals surface area contributed by atoms with Gasteiger partial charge in [-0.1, -0.05) is 63.9 Å². The van der Waals surface area contributed by atoms with E-state index in [1.807, 2.05) is 0 Å². The molecule has 0 saturated carbocycles. The van der Waals surface area contributed by atoms with Gasteiger partial charge in [0.05, 0.1) is 11.4 Å². The molecule has 1 aliphatic rings. The van der Waals surface area contributed by atoms with Crippen molar-refractivity contribution < 1.29 is 0 Å². The molecule has 134 valence electrons. The van der Waals surface area contributed by atoms with Gasteiger partial charge in [-0.2, -0.15) is 0 Å². The zero-order chi connectivity index (χ0) is 18.0. The van der Waals surface area contributed by atoms with Gasteiger partial charge in [0.25, 0.3) is 0 Å². The molecule has 2 aromatic rings. The Hall–Kier alpha value is -1.96. The van der Waals surface area contributed by atoms with Gasteiger partial charge in [-0.15, -0.1) is 0 Å². The maximum Gasteiger partial charge on any atom is 0.103 e. The molecule has 0 saturated heterocycles. The van der Waals surface area contributed by atoms with Gasteiger partial charge in [-0.3, -0.25) is 0 Å². The molecule has 2 aromatic carbocycles. The van der Waals surface area contributed by atoms with Crippen LogP contribution in [0.5, 0.6) is 0 Å². The van der Waals surface area contributed by atoms with Crippen LogP contribution < -0.4 is 9.80 Å². The highest BCUT2D eigenvalue weighted by molar-refractivity contribution is 5.84. The van der Waals surface area contributed by atoms with Crippen molar-refractivity contribution in [3.05, 3.63) is 54.1 Å². The Labute approximate surface area is 153 Å². The minimum Gasteiger partial charge on any atom is -0.353 e. The first kappa shape index (κ1) is 17.8. The Morgan fingerprint density at radius 3 is 2.16 bits per heavy atom. The SMILES string of the molecule is CCCCC(C)(CC)c1ccccc1N1c2ccccc2N(C)[C@H]1C. The number of rotatable bonds is 6. The molecule has 3 rings (SSSR count). The summed E-state index contributed by atoms with van der Waals surface area (Å²) in [5, 5.41) is 0. The Balaban J connectivity index is 2.10. The molecular formula is C23H32N2. The molecular weight excluding hydrogens is 304 g/mol. The van der Waals surface area contributed by atoms with Crippen LogP contribution in [0.25, 0.3) is 0 Å². The smallest absolute Gasteiger partial charge is 0.103 e. The molecule has 0 radical (unpaired) electrons. The molecule has 0 N–H and O–H groups in total. The Morgan fingerprint density at radius 2 is 1.52 bits per heavy atom. The zero-order valence-electron chi connectivity index (χ0n) is 16.4. The van der Waals surface area contributed by atoms with Crippen LogP contribution in [0.3, 0.4) is 0 Å². The van der Waals surface area contributed by atoms with Crippen molar-refractivity contribution in [2.75, 3.05) is 16.8 Å². The summed E-state index contributed by atoms with van der Waals surface area (Å²) >= 11 is 0. The Morgan fingerprint density at radius 1 is 0.920 bits per heavy atom. The van der Waals surface area contributed by atoms with E-state index < -0.39 is 0 Å². The van der Waals surface area contributed by atoms with Crippen molar-refractivity contribution in [1.29, 1.82) is 0 Å². The predicted octanol–water partition coefficient (Wildman–Crippen LogP) is 6.48. The Kier molecular flexibility index (Phi) is 5.08. The van der Waals surface area contributed by atoms with Crippen molar-refractivity contribution in [1.82, 2.24) is 0 Å². The fourth-order valence-corrected chi connectivity index (χ4v) is 4.14. The molecule has 1 unspecified atom stereocenters. The van der Waals surface area contributed by atoms with E-state index >= 15 is 0 Å². The minimum atomic E-state index is 0.225. The maximum atomic E-state index is 2.52. The van der Waals surface area contributed by atoms with Crippen LogP contribution >= 0.6 is 0 Å². The zero-order valence-corrected chi connectivity index (χ0v) is 16.4. The van der Waals surface area contributed by atoms with E-state index in [-0.39, 0.29) is 5.41 Å². The number of hydrogen-bond donors (Lipinski definition) is 0. The van der Waals surface area contributed by atoms with Crippen LogP contribution in [0.2, 0.25) is 0 Å². The molecule has 0 fully saturated rings. The lowest BCUT2D eigenvalue weighted by atomic mass is 9.75. The third-order valence-corrected chi connectivity index (χ3v) is 6.13. The lowest BCUT2D eigenvalue weighted by Gasteiger charge is -2.36. The summed E-state index contributed by atoms with van der Waals surface area (Å²) in [5.41, 5.74) is 5.72. The number of unbranched alkanes of at least 4 members (excludes halogenated alkanes) is 1. The molecule has 2 atom stereocenters. The topological polar surface area (TPSA) is 6.48 Å². The molecule has 1 heterocycles. The number of para-hydroxylation sites is 3. The van der Waals surface area contributed by atoms with Crippen molar-refractivity contribution in [3.63, 3.8) is 0 Å².